The summed E-state index contributed by atoms with van der Waals surface area (Å²) in [4.78, 5) is 24.0. The zero-order chi connectivity index (χ0) is 15.3. The second-order valence-electron chi connectivity index (χ2n) is 4.80. The maximum atomic E-state index is 11.2. The summed E-state index contributed by atoms with van der Waals surface area (Å²) in [6.45, 7) is 1.76. The molecule has 0 aliphatic carbocycles. The molecule has 2 atom stereocenters. The lowest BCUT2D eigenvalue weighted by Crippen LogP contribution is -2.47. The van der Waals surface area contributed by atoms with Gasteiger partial charge in [-0.2, -0.15) is 5.10 Å². The van der Waals surface area contributed by atoms with Crippen molar-refractivity contribution in [1.29, 1.82) is 0 Å². The van der Waals surface area contributed by atoms with E-state index in [-0.39, 0.29) is 25.2 Å². The van der Waals surface area contributed by atoms with Gasteiger partial charge in [-0.15, -0.1) is 0 Å². The minimum absolute atomic E-state index is 0.0871. The van der Waals surface area contributed by atoms with Crippen LogP contribution in [0.1, 0.15) is 24.9 Å². The van der Waals surface area contributed by atoms with Crippen LogP contribution in [0.5, 0.6) is 0 Å². The highest BCUT2D eigenvalue weighted by atomic mass is 16.2. The molecular formula is C12H22N6O2. The molecule has 2 amide bonds. The van der Waals surface area contributed by atoms with Crippen molar-refractivity contribution in [3.8, 4) is 0 Å². The summed E-state index contributed by atoms with van der Waals surface area (Å²) in [5, 5.41) is 4.10. The number of amides is 2. The van der Waals surface area contributed by atoms with Gasteiger partial charge in [-0.05, 0) is 6.42 Å². The number of aromatic nitrogens is 2. The molecule has 0 aliphatic heterocycles. The number of rotatable bonds is 8. The minimum atomic E-state index is -0.538. The molecule has 6 N–H and O–H groups in total. The predicted octanol–water partition coefficient (Wildman–Crippen LogP) is -1.53. The van der Waals surface area contributed by atoms with E-state index in [1.165, 1.54) is 0 Å². The van der Waals surface area contributed by atoms with E-state index in [0.29, 0.717) is 6.42 Å². The van der Waals surface area contributed by atoms with Crippen molar-refractivity contribution in [3.63, 3.8) is 0 Å². The smallest absolute Gasteiger partial charge is 0.231 e. The molecule has 1 rings (SSSR count). The fraction of sp³-hybridized carbons (Fsp3) is 0.583. The minimum Gasteiger partial charge on any atom is -0.369 e. The van der Waals surface area contributed by atoms with E-state index in [1.54, 1.807) is 29.0 Å². The van der Waals surface area contributed by atoms with E-state index in [2.05, 4.69) is 5.10 Å². The molecule has 0 saturated heterocycles. The molecule has 0 radical (unpaired) electrons. The van der Waals surface area contributed by atoms with Gasteiger partial charge in [0.1, 0.15) is 0 Å². The third-order valence-electron chi connectivity index (χ3n) is 3.05. The summed E-state index contributed by atoms with van der Waals surface area (Å²) in [6, 6.07) is -0.605. The molecule has 0 fully saturated rings. The van der Waals surface area contributed by atoms with E-state index < -0.39 is 11.8 Å². The fourth-order valence-corrected chi connectivity index (χ4v) is 2.20. The van der Waals surface area contributed by atoms with Crippen LogP contribution in [0.15, 0.2) is 12.4 Å². The van der Waals surface area contributed by atoms with Gasteiger partial charge in [0.05, 0.1) is 25.3 Å². The van der Waals surface area contributed by atoms with Gasteiger partial charge in [-0.25, -0.2) is 0 Å². The third kappa shape index (κ3) is 4.32. The van der Waals surface area contributed by atoms with Crippen molar-refractivity contribution in [2.24, 2.45) is 24.2 Å². The molecule has 0 aromatic carbocycles. The van der Waals surface area contributed by atoms with Crippen molar-refractivity contribution in [1.82, 2.24) is 14.7 Å². The third-order valence-corrected chi connectivity index (χ3v) is 3.05. The van der Waals surface area contributed by atoms with Crippen molar-refractivity contribution < 1.29 is 9.59 Å². The first kappa shape index (κ1) is 16.1. The molecule has 8 nitrogen and oxygen atoms in total. The molecule has 0 saturated carbocycles. The van der Waals surface area contributed by atoms with Crippen LogP contribution in [0, 0.1) is 0 Å². The molecule has 1 aromatic heterocycles. The zero-order valence-corrected chi connectivity index (χ0v) is 11.8. The summed E-state index contributed by atoms with van der Waals surface area (Å²) in [7, 11) is 1.78. The van der Waals surface area contributed by atoms with Gasteiger partial charge < -0.3 is 17.2 Å². The van der Waals surface area contributed by atoms with Gasteiger partial charge in [0.15, 0.2) is 0 Å². The largest absolute Gasteiger partial charge is 0.369 e. The van der Waals surface area contributed by atoms with Gasteiger partial charge in [0.2, 0.25) is 11.8 Å². The highest BCUT2D eigenvalue weighted by Crippen LogP contribution is 2.24. The normalized spacial score (nSPS) is 14.2. The van der Waals surface area contributed by atoms with Gasteiger partial charge in [0, 0.05) is 24.8 Å². The number of hydrogen-bond acceptors (Lipinski definition) is 5. The van der Waals surface area contributed by atoms with Crippen LogP contribution in [-0.2, 0) is 16.6 Å². The van der Waals surface area contributed by atoms with Crippen LogP contribution >= 0.6 is 0 Å². The van der Waals surface area contributed by atoms with Crippen LogP contribution in [0.3, 0.4) is 0 Å². The number of primary amides is 2. The van der Waals surface area contributed by atoms with E-state index in [0.717, 1.165) is 5.56 Å². The number of aryl methyl sites for hydroxylation is 1. The predicted molar refractivity (Wildman–Crippen MR) is 74.2 cm³/mol. The number of carbonyl (C=O) groups excluding carboxylic acids is 2. The summed E-state index contributed by atoms with van der Waals surface area (Å²) < 4.78 is 1.64. The molecule has 1 aromatic rings. The SMILES string of the molecule is CCC(N)C(c1cnn(C)c1)N(CC(N)=O)CC(N)=O. The second-order valence-corrected chi connectivity index (χ2v) is 4.80. The summed E-state index contributed by atoms with van der Waals surface area (Å²) in [6.07, 6.45) is 4.14. The Kier molecular flexibility index (Phi) is 5.66. The Morgan fingerprint density at radius 3 is 2.25 bits per heavy atom. The van der Waals surface area contributed by atoms with E-state index in [4.69, 9.17) is 17.2 Å². The molecule has 0 spiro atoms. The van der Waals surface area contributed by atoms with Crippen LogP contribution in [0.25, 0.3) is 0 Å². The summed E-state index contributed by atoms with van der Waals surface area (Å²) >= 11 is 0. The average Bonchev–Trinajstić information content (AvgIpc) is 2.74. The lowest BCUT2D eigenvalue weighted by atomic mass is 9.99. The number of hydrogen-bond donors (Lipinski definition) is 3. The molecular weight excluding hydrogens is 260 g/mol. The quantitative estimate of drug-likeness (QED) is 0.532. The molecule has 112 valence electrons. The van der Waals surface area contributed by atoms with Crippen LogP contribution in [0.4, 0.5) is 0 Å². The Labute approximate surface area is 117 Å². The summed E-state index contributed by atoms with van der Waals surface area (Å²) in [5.74, 6) is -1.08. The van der Waals surface area contributed by atoms with Crippen LogP contribution < -0.4 is 17.2 Å². The Hall–Kier alpha value is -1.93. The van der Waals surface area contributed by atoms with E-state index >= 15 is 0 Å². The Morgan fingerprint density at radius 2 is 1.90 bits per heavy atom. The highest BCUT2D eigenvalue weighted by molar-refractivity contribution is 5.79. The Bertz CT molecular complexity index is 456. The van der Waals surface area contributed by atoms with E-state index in [1.807, 2.05) is 6.92 Å². The van der Waals surface area contributed by atoms with Crippen molar-refractivity contribution >= 4 is 11.8 Å². The van der Waals surface area contributed by atoms with Crippen molar-refractivity contribution in [3.05, 3.63) is 18.0 Å². The molecule has 0 aliphatic rings. The number of nitrogens with two attached hydrogens (primary N) is 3. The first-order valence-corrected chi connectivity index (χ1v) is 6.40. The van der Waals surface area contributed by atoms with Crippen LogP contribution in [-0.4, -0.2) is 45.6 Å². The molecule has 2 unspecified atom stereocenters. The summed E-state index contributed by atoms with van der Waals surface area (Å²) in [5.41, 5.74) is 17.4. The van der Waals surface area contributed by atoms with E-state index in [9.17, 15) is 9.59 Å². The van der Waals surface area contributed by atoms with Gasteiger partial charge >= 0.3 is 0 Å². The highest BCUT2D eigenvalue weighted by Gasteiger charge is 2.28. The standard InChI is InChI=1S/C12H22N6O2/c1-3-9(13)12(8-4-16-17(2)5-8)18(6-10(14)19)7-11(15)20/h4-5,9,12H,3,6-7,13H2,1-2H3,(H2,14,19)(H2,15,20). The van der Waals surface area contributed by atoms with Crippen molar-refractivity contribution in [2.45, 2.75) is 25.4 Å². The van der Waals surface area contributed by atoms with Gasteiger partial charge in [-0.1, -0.05) is 6.92 Å². The lowest BCUT2D eigenvalue weighted by Gasteiger charge is -2.33. The maximum absolute atomic E-state index is 11.2. The number of nitrogens with zero attached hydrogens (tertiary/aromatic N) is 3. The van der Waals surface area contributed by atoms with Gasteiger partial charge in [0.25, 0.3) is 0 Å². The number of carbonyl (C=O) groups is 2. The first-order valence-electron chi connectivity index (χ1n) is 6.40. The average molecular weight is 282 g/mol. The van der Waals surface area contributed by atoms with Crippen LogP contribution in [0.2, 0.25) is 0 Å². The molecule has 0 bridgehead atoms. The maximum Gasteiger partial charge on any atom is 0.231 e. The monoisotopic (exact) mass is 282 g/mol. The Morgan fingerprint density at radius 1 is 1.35 bits per heavy atom. The first-order chi connectivity index (χ1) is 9.35. The molecule has 8 heteroatoms. The Balaban J connectivity index is 3.09. The second kappa shape index (κ2) is 7.01. The molecule has 1 heterocycles. The molecule has 20 heavy (non-hydrogen) atoms. The van der Waals surface area contributed by atoms with Crippen molar-refractivity contribution in [2.75, 3.05) is 13.1 Å². The lowest BCUT2D eigenvalue weighted by molar-refractivity contribution is -0.123. The topological polar surface area (TPSA) is 133 Å². The van der Waals surface area contributed by atoms with Gasteiger partial charge in [-0.3, -0.25) is 19.2 Å². The zero-order valence-electron chi connectivity index (χ0n) is 11.8. The fourth-order valence-electron chi connectivity index (χ4n) is 2.20.